The van der Waals surface area contributed by atoms with Gasteiger partial charge in [-0.2, -0.15) is 0 Å². The number of nitrogens with one attached hydrogen (secondary N) is 1. The molecule has 0 radical (unpaired) electrons. The van der Waals surface area contributed by atoms with Gasteiger partial charge in [-0.15, -0.1) is 0 Å². The van der Waals surface area contributed by atoms with Crippen molar-refractivity contribution in [2.45, 2.75) is 33.2 Å². The van der Waals surface area contributed by atoms with E-state index in [1.807, 2.05) is 38.1 Å². The zero-order valence-electron chi connectivity index (χ0n) is 11.9. The summed E-state index contributed by atoms with van der Waals surface area (Å²) in [7, 11) is -3.20. The van der Waals surface area contributed by atoms with Crippen molar-refractivity contribution in [3.05, 3.63) is 41.6 Å². The number of pyridine rings is 1. The maximum Gasteiger partial charge on any atom is 0.211 e. The number of aryl methyl sites for hydroxylation is 1. The molecule has 1 aromatic heterocycles. The molecule has 0 aliphatic carbocycles. The quantitative estimate of drug-likeness (QED) is 0.890. The van der Waals surface area contributed by atoms with E-state index in [1.54, 1.807) is 6.20 Å². The fourth-order valence-corrected chi connectivity index (χ4v) is 3.32. The Morgan fingerprint density at radius 2 is 2.05 bits per heavy atom. The summed E-state index contributed by atoms with van der Waals surface area (Å²) in [6, 6.07) is 7.78. The number of sulfonamides is 1. The van der Waals surface area contributed by atoms with Crippen LogP contribution in [-0.2, 0) is 16.6 Å². The molecule has 0 saturated carbocycles. The molecule has 4 nitrogen and oxygen atoms in total. The van der Waals surface area contributed by atoms with Crippen molar-refractivity contribution in [3.8, 4) is 0 Å². The maximum atomic E-state index is 11.9. The summed E-state index contributed by atoms with van der Waals surface area (Å²) in [5.41, 5.74) is 2.96. The summed E-state index contributed by atoms with van der Waals surface area (Å²) in [5, 5.41) is 1.01. The van der Waals surface area contributed by atoms with Crippen LogP contribution in [-0.4, -0.2) is 19.2 Å². The lowest BCUT2D eigenvalue weighted by Crippen LogP contribution is -2.26. The van der Waals surface area contributed by atoms with Crippen LogP contribution < -0.4 is 4.72 Å². The smallest absolute Gasteiger partial charge is 0.211 e. The standard InChI is InChI=1S/C15H20N2O2S/c1-3-4-10-20(18,19)17-11-14-12(2)7-8-15-13(14)6-5-9-16-15/h5-9,17H,3-4,10-11H2,1-2H3. The Kier molecular flexibility index (Phi) is 4.73. The molecule has 0 aliphatic rings. The third-order valence-corrected chi connectivity index (χ3v) is 4.78. The van der Waals surface area contributed by atoms with Crippen molar-refractivity contribution >= 4 is 20.9 Å². The first-order valence-corrected chi connectivity index (χ1v) is 8.49. The van der Waals surface area contributed by atoms with E-state index in [-0.39, 0.29) is 5.75 Å². The number of hydrogen-bond donors (Lipinski definition) is 1. The van der Waals surface area contributed by atoms with E-state index in [0.29, 0.717) is 13.0 Å². The summed E-state index contributed by atoms with van der Waals surface area (Å²) in [6.07, 6.45) is 3.30. The lowest BCUT2D eigenvalue weighted by molar-refractivity contribution is 0.578. The minimum atomic E-state index is -3.20. The highest BCUT2D eigenvalue weighted by Crippen LogP contribution is 2.20. The van der Waals surface area contributed by atoms with Crippen LogP contribution in [0.2, 0.25) is 0 Å². The second kappa shape index (κ2) is 6.33. The van der Waals surface area contributed by atoms with Gasteiger partial charge in [-0.25, -0.2) is 13.1 Å². The van der Waals surface area contributed by atoms with Crippen LogP contribution >= 0.6 is 0 Å². The highest BCUT2D eigenvalue weighted by molar-refractivity contribution is 7.89. The molecule has 20 heavy (non-hydrogen) atoms. The van der Waals surface area contributed by atoms with E-state index < -0.39 is 10.0 Å². The SMILES string of the molecule is CCCCS(=O)(=O)NCc1c(C)ccc2ncccc12. The molecule has 108 valence electrons. The molecule has 0 bridgehead atoms. The van der Waals surface area contributed by atoms with Crippen molar-refractivity contribution in [1.29, 1.82) is 0 Å². The van der Waals surface area contributed by atoms with Gasteiger partial charge in [0.05, 0.1) is 11.3 Å². The molecular formula is C15H20N2O2S. The Hall–Kier alpha value is -1.46. The lowest BCUT2D eigenvalue weighted by Gasteiger charge is -2.11. The normalized spacial score (nSPS) is 11.9. The molecule has 0 amide bonds. The zero-order chi connectivity index (χ0) is 14.6. The van der Waals surface area contributed by atoms with Gasteiger partial charge in [-0.3, -0.25) is 4.98 Å². The number of benzene rings is 1. The van der Waals surface area contributed by atoms with Gasteiger partial charge in [0, 0.05) is 18.1 Å². The molecule has 0 atom stereocenters. The van der Waals surface area contributed by atoms with E-state index in [4.69, 9.17) is 0 Å². The van der Waals surface area contributed by atoms with Gasteiger partial charge in [0.2, 0.25) is 10.0 Å². The molecular weight excluding hydrogens is 272 g/mol. The summed E-state index contributed by atoms with van der Waals surface area (Å²) in [4.78, 5) is 4.30. The van der Waals surface area contributed by atoms with Crippen molar-refractivity contribution in [1.82, 2.24) is 9.71 Å². The van der Waals surface area contributed by atoms with Crippen LogP contribution in [0.5, 0.6) is 0 Å². The minimum Gasteiger partial charge on any atom is -0.256 e. The van der Waals surface area contributed by atoms with E-state index in [2.05, 4.69) is 9.71 Å². The summed E-state index contributed by atoms with van der Waals surface area (Å²) in [6.45, 7) is 4.29. The fraction of sp³-hybridized carbons (Fsp3) is 0.400. The Balaban J connectivity index is 2.24. The van der Waals surface area contributed by atoms with Crippen LogP contribution in [0, 0.1) is 6.92 Å². The first-order valence-electron chi connectivity index (χ1n) is 6.84. The van der Waals surface area contributed by atoms with Crippen molar-refractivity contribution in [2.75, 3.05) is 5.75 Å². The molecule has 2 aromatic rings. The second-order valence-corrected chi connectivity index (χ2v) is 6.85. The lowest BCUT2D eigenvalue weighted by atomic mass is 10.0. The summed E-state index contributed by atoms with van der Waals surface area (Å²) in [5.74, 6) is 0.186. The van der Waals surface area contributed by atoms with Gasteiger partial charge in [0.15, 0.2) is 0 Å². The van der Waals surface area contributed by atoms with Gasteiger partial charge in [-0.05, 0) is 36.6 Å². The van der Waals surface area contributed by atoms with E-state index in [9.17, 15) is 8.42 Å². The first kappa shape index (κ1) is 14.9. The second-order valence-electron chi connectivity index (χ2n) is 4.92. The Bertz CT molecular complexity index is 696. The Morgan fingerprint density at radius 1 is 1.25 bits per heavy atom. The molecule has 0 saturated heterocycles. The Morgan fingerprint density at radius 3 is 2.80 bits per heavy atom. The average molecular weight is 292 g/mol. The monoisotopic (exact) mass is 292 g/mol. The van der Waals surface area contributed by atoms with Crippen molar-refractivity contribution in [2.24, 2.45) is 0 Å². The average Bonchev–Trinajstić information content (AvgIpc) is 2.44. The van der Waals surface area contributed by atoms with Gasteiger partial charge in [-0.1, -0.05) is 25.5 Å². The molecule has 5 heteroatoms. The maximum absolute atomic E-state index is 11.9. The molecule has 0 aliphatic heterocycles. The molecule has 0 fully saturated rings. The third-order valence-electron chi connectivity index (χ3n) is 3.37. The number of fused-ring (bicyclic) bond motifs is 1. The number of hydrogen-bond acceptors (Lipinski definition) is 3. The number of nitrogens with zero attached hydrogens (tertiary/aromatic N) is 1. The fourth-order valence-electron chi connectivity index (χ4n) is 2.15. The summed E-state index contributed by atoms with van der Waals surface area (Å²) < 4.78 is 26.5. The molecule has 1 N–H and O–H groups in total. The van der Waals surface area contributed by atoms with Gasteiger partial charge < -0.3 is 0 Å². The van der Waals surface area contributed by atoms with Gasteiger partial charge >= 0.3 is 0 Å². The number of unbranched alkanes of at least 4 members (excludes halogenated alkanes) is 1. The van der Waals surface area contributed by atoms with Gasteiger partial charge in [0.1, 0.15) is 0 Å². The van der Waals surface area contributed by atoms with E-state index >= 15 is 0 Å². The highest BCUT2D eigenvalue weighted by atomic mass is 32.2. The first-order chi connectivity index (χ1) is 9.53. The Labute approximate surface area is 120 Å². The van der Waals surface area contributed by atoms with Crippen molar-refractivity contribution < 1.29 is 8.42 Å². The van der Waals surface area contributed by atoms with Crippen LogP contribution in [0.1, 0.15) is 30.9 Å². The largest absolute Gasteiger partial charge is 0.256 e. The molecule has 1 aromatic carbocycles. The van der Waals surface area contributed by atoms with Crippen LogP contribution in [0.15, 0.2) is 30.5 Å². The highest BCUT2D eigenvalue weighted by Gasteiger charge is 2.11. The summed E-state index contributed by atoms with van der Waals surface area (Å²) >= 11 is 0. The van der Waals surface area contributed by atoms with Crippen molar-refractivity contribution in [3.63, 3.8) is 0 Å². The number of rotatable bonds is 6. The molecule has 1 heterocycles. The predicted octanol–water partition coefficient (Wildman–Crippen LogP) is 2.76. The minimum absolute atomic E-state index is 0.186. The molecule has 0 spiro atoms. The third kappa shape index (κ3) is 3.55. The molecule has 2 rings (SSSR count). The van der Waals surface area contributed by atoms with Crippen LogP contribution in [0.25, 0.3) is 10.9 Å². The number of aromatic nitrogens is 1. The topological polar surface area (TPSA) is 59.1 Å². The van der Waals surface area contributed by atoms with Crippen LogP contribution in [0.4, 0.5) is 0 Å². The van der Waals surface area contributed by atoms with E-state index in [1.165, 1.54) is 0 Å². The predicted molar refractivity (Wildman–Crippen MR) is 82.0 cm³/mol. The molecule has 0 unspecified atom stereocenters. The zero-order valence-corrected chi connectivity index (χ0v) is 12.7. The van der Waals surface area contributed by atoms with Crippen LogP contribution in [0.3, 0.4) is 0 Å². The van der Waals surface area contributed by atoms with Gasteiger partial charge in [0.25, 0.3) is 0 Å². The van der Waals surface area contributed by atoms with E-state index in [0.717, 1.165) is 28.5 Å².